The van der Waals surface area contributed by atoms with E-state index in [1.807, 2.05) is 24.3 Å². The Labute approximate surface area is 143 Å². The number of carbonyl (C=O) groups is 2. The fraction of sp³-hybridized carbons (Fsp3) is 0.500. The summed E-state index contributed by atoms with van der Waals surface area (Å²) >= 11 is 3.36. The molecule has 0 radical (unpaired) electrons. The molecule has 1 saturated heterocycles. The van der Waals surface area contributed by atoms with Gasteiger partial charge in [-0.05, 0) is 24.6 Å². The zero-order valence-electron chi connectivity index (χ0n) is 12.7. The van der Waals surface area contributed by atoms with Crippen LogP contribution in [0.2, 0.25) is 0 Å². The van der Waals surface area contributed by atoms with Crippen molar-refractivity contribution >= 4 is 27.8 Å². The largest absolute Gasteiger partial charge is 0.494 e. The zero-order valence-corrected chi connectivity index (χ0v) is 14.3. The van der Waals surface area contributed by atoms with Crippen molar-refractivity contribution in [2.24, 2.45) is 0 Å². The number of halogens is 1. The van der Waals surface area contributed by atoms with Crippen LogP contribution in [0.15, 0.2) is 28.7 Å². The quantitative estimate of drug-likeness (QED) is 0.703. The first-order valence-electron chi connectivity index (χ1n) is 7.52. The Morgan fingerprint density at radius 3 is 2.74 bits per heavy atom. The van der Waals surface area contributed by atoms with E-state index in [0.29, 0.717) is 39.1 Å². The van der Waals surface area contributed by atoms with Gasteiger partial charge in [-0.2, -0.15) is 0 Å². The predicted molar refractivity (Wildman–Crippen MR) is 87.4 cm³/mol. The van der Waals surface area contributed by atoms with Crippen molar-refractivity contribution < 1.29 is 24.2 Å². The highest BCUT2D eigenvalue weighted by Crippen LogP contribution is 2.21. The first kappa shape index (κ1) is 17.7. The minimum absolute atomic E-state index is 0.226. The standard InChI is InChI=1S/C16H20BrNO5/c17-12-3-1-4-13(11-12)23-8-2-5-14(19)18-16(15(20)21)6-9-22-10-7-16/h1,3-4,11H,2,5-10H2,(H,18,19)(H,20,21). The van der Waals surface area contributed by atoms with Crippen molar-refractivity contribution in [3.63, 3.8) is 0 Å². The molecular weight excluding hydrogens is 366 g/mol. The van der Waals surface area contributed by atoms with Crippen LogP contribution in [0.5, 0.6) is 5.75 Å². The highest BCUT2D eigenvalue weighted by Gasteiger charge is 2.41. The normalized spacial score (nSPS) is 16.6. The van der Waals surface area contributed by atoms with Crippen LogP contribution >= 0.6 is 15.9 Å². The van der Waals surface area contributed by atoms with Gasteiger partial charge in [0.15, 0.2) is 0 Å². The van der Waals surface area contributed by atoms with E-state index in [1.165, 1.54) is 0 Å². The minimum Gasteiger partial charge on any atom is -0.494 e. The van der Waals surface area contributed by atoms with E-state index >= 15 is 0 Å². The fourth-order valence-electron chi connectivity index (χ4n) is 2.42. The third-order valence-corrected chi connectivity index (χ3v) is 4.24. The molecule has 1 aliphatic heterocycles. The fourth-order valence-corrected chi connectivity index (χ4v) is 2.80. The van der Waals surface area contributed by atoms with Crippen LogP contribution in [0.1, 0.15) is 25.7 Å². The molecule has 126 valence electrons. The smallest absolute Gasteiger partial charge is 0.329 e. The van der Waals surface area contributed by atoms with Crippen molar-refractivity contribution in [1.82, 2.24) is 5.32 Å². The zero-order chi connectivity index (χ0) is 16.7. The number of nitrogens with one attached hydrogen (secondary N) is 1. The summed E-state index contributed by atoms with van der Waals surface area (Å²) in [5, 5.41) is 12.0. The number of hydrogen-bond acceptors (Lipinski definition) is 4. The highest BCUT2D eigenvalue weighted by molar-refractivity contribution is 9.10. The number of amides is 1. The number of carboxylic acids is 1. The maximum atomic E-state index is 12.0. The molecule has 1 aromatic carbocycles. The number of ether oxygens (including phenoxy) is 2. The van der Waals surface area contributed by atoms with Gasteiger partial charge >= 0.3 is 5.97 Å². The van der Waals surface area contributed by atoms with Crippen LogP contribution in [0.4, 0.5) is 0 Å². The van der Waals surface area contributed by atoms with Crippen molar-refractivity contribution in [2.75, 3.05) is 19.8 Å². The molecule has 6 nitrogen and oxygen atoms in total. The number of benzene rings is 1. The molecule has 0 bridgehead atoms. The monoisotopic (exact) mass is 385 g/mol. The number of carboxylic acid groups (broad SMARTS) is 1. The summed E-state index contributed by atoms with van der Waals surface area (Å²) in [5.41, 5.74) is -1.19. The molecule has 7 heteroatoms. The van der Waals surface area contributed by atoms with E-state index in [0.717, 1.165) is 10.2 Å². The van der Waals surface area contributed by atoms with E-state index in [9.17, 15) is 14.7 Å². The summed E-state index contributed by atoms with van der Waals surface area (Å²) < 4.78 is 11.7. The Bertz CT molecular complexity index is 557. The molecule has 1 aliphatic rings. The molecule has 0 unspecified atom stereocenters. The van der Waals surface area contributed by atoms with Gasteiger partial charge in [0.1, 0.15) is 11.3 Å². The maximum absolute atomic E-state index is 12.0. The Hall–Kier alpha value is -1.60. The van der Waals surface area contributed by atoms with Gasteiger partial charge in [0.25, 0.3) is 0 Å². The lowest BCUT2D eigenvalue weighted by molar-refractivity contribution is -0.152. The SMILES string of the molecule is O=C(CCCOc1cccc(Br)c1)NC1(C(=O)O)CCOCC1. The lowest BCUT2D eigenvalue weighted by Gasteiger charge is -2.33. The average Bonchev–Trinajstić information content (AvgIpc) is 2.52. The van der Waals surface area contributed by atoms with Crippen LogP contribution < -0.4 is 10.1 Å². The first-order chi connectivity index (χ1) is 11.0. The topological polar surface area (TPSA) is 84.9 Å². The van der Waals surface area contributed by atoms with Gasteiger partial charge in [0.05, 0.1) is 6.61 Å². The number of aliphatic carboxylic acids is 1. The molecule has 0 aliphatic carbocycles. The van der Waals surface area contributed by atoms with Crippen molar-refractivity contribution in [2.45, 2.75) is 31.2 Å². The summed E-state index contributed by atoms with van der Waals surface area (Å²) in [5.74, 6) is -0.544. The van der Waals surface area contributed by atoms with Crippen molar-refractivity contribution in [1.29, 1.82) is 0 Å². The van der Waals surface area contributed by atoms with Gasteiger partial charge < -0.3 is 19.9 Å². The first-order valence-corrected chi connectivity index (χ1v) is 8.32. The molecule has 2 rings (SSSR count). The predicted octanol–water partition coefficient (Wildman–Crippen LogP) is 2.36. The van der Waals surface area contributed by atoms with Gasteiger partial charge in [-0.15, -0.1) is 0 Å². The molecule has 2 N–H and O–H groups in total. The highest BCUT2D eigenvalue weighted by atomic mass is 79.9. The Morgan fingerprint density at radius 2 is 2.09 bits per heavy atom. The molecule has 0 aromatic heterocycles. The second-order valence-electron chi connectivity index (χ2n) is 5.46. The van der Waals surface area contributed by atoms with Gasteiger partial charge in [0.2, 0.25) is 5.91 Å². The van der Waals surface area contributed by atoms with Gasteiger partial charge in [-0.25, -0.2) is 4.79 Å². The minimum atomic E-state index is -1.19. The average molecular weight is 386 g/mol. The number of hydrogen-bond donors (Lipinski definition) is 2. The summed E-state index contributed by atoms with van der Waals surface area (Å²) in [6.07, 6.45) is 1.33. The maximum Gasteiger partial charge on any atom is 0.329 e. The molecule has 1 heterocycles. The summed E-state index contributed by atoms with van der Waals surface area (Å²) in [4.78, 5) is 23.5. The lowest BCUT2D eigenvalue weighted by Crippen LogP contribution is -2.57. The number of carbonyl (C=O) groups excluding carboxylic acids is 1. The molecule has 1 amide bonds. The van der Waals surface area contributed by atoms with Gasteiger partial charge in [-0.3, -0.25) is 4.79 Å². The van der Waals surface area contributed by atoms with Crippen molar-refractivity contribution in [3.8, 4) is 5.75 Å². The van der Waals surface area contributed by atoms with E-state index in [-0.39, 0.29) is 12.3 Å². The van der Waals surface area contributed by atoms with Crippen LogP contribution in [-0.2, 0) is 14.3 Å². The summed E-state index contributed by atoms with van der Waals surface area (Å²) in [6.45, 7) is 1.09. The van der Waals surface area contributed by atoms with Crippen LogP contribution in [-0.4, -0.2) is 42.3 Å². The van der Waals surface area contributed by atoms with E-state index < -0.39 is 11.5 Å². The van der Waals surface area contributed by atoms with Gasteiger partial charge in [0, 0.05) is 36.9 Å². The Kier molecular flexibility index (Phi) is 6.41. The molecule has 1 aromatic rings. The van der Waals surface area contributed by atoms with Crippen LogP contribution in [0.3, 0.4) is 0 Å². The van der Waals surface area contributed by atoms with Gasteiger partial charge in [-0.1, -0.05) is 22.0 Å². The molecule has 23 heavy (non-hydrogen) atoms. The number of rotatable bonds is 7. The van der Waals surface area contributed by atoms with Crippen LogP contribution in [0, 0.1) is 0 Å². The molecule has 0 atom stereocenters. The molecule has 1 fully saturated rings. The molecular formula is C16H20BrNO5. The van der Waals surface area contributed by atoms with Crippen LogP contribution in [0.25, 0.3) is 0 Å². The summed E-state index contributed by atoms with van der Waals surface area (Å²) in [7, 11) is 0. The molecule has 0 spiro atoms. The van der Waals surface area contributed by atoms with E-state index in [4.69, 9.17) is 9.47 Å². The Balaban J connectivity index is 1.75. The summed E-state index contributed by atoms with van der Waals surface area (Å²) in [6, 6.07) is 7.46. The van der Waals surface area contributed by atoms with Crippen molar-refractivity contribution in [3.05, 3.63) is 28.7 Å². The third-order valence-electron chi connectivity index (χ3n) is 3.75. The second kappa shape index (κ2) is 8.31. The molecule has 0 saturated carbocycles. The third kappa shape index (κ3) is 5.21. The Morgan fingerprint density at radius 1 is 1.35 bits per heavy atom. The van der Waals surface area contributed by atoms with E-state index in [1.54, 1.807) is 0 Å². The lowest BCUT2D eigenvalue weighted by atomic mass is 9.90. The van der Waals surface area contributed by atoms with E-state index in [2.05, 4.69) is 21.2 Å². The second-order valence-corrected chi connectivity index (χ2v) is 6.37.